The second kappa shape index (κ2) is 5.79. The molecule has 1 aromatic heterocycles. The summed E-state index contributed by atoms with van der Waals surface area (Å²) in [5.74, 6) is -1.55. The number of amides is 1. The van der Waals surface area contributed by atoms with Crippen molar-refractivity contribution in [2.75, 3.05) is 6.54 Å². The van der Waals surface area contributed by atoms with E-state index < -0.39 is 23.0 Å². The third kappa shape index (κ3) is 2.56. The second-order valence-corrected chi connectivity index (χ2v) is 5.67. The Balaban J connectivity index is 2.06. The van der Waals surface area contributed by atoms with Crippen molar-refractivity contribution in [2.24, 2.45) is 0 Å². The fourth-order valence-electron chi connectivity index (χ4n) is 2.99. The van der Waals surface area contributed by atoms with Crippen LogP contribution in [0, 0.1) is 0 Å². The molecule has 1 atom stereocenters. The first-order valence-corrected chi connectivity index (χ1v) is 7.53. The minimum absolute atomic E-state index is 0.135. The average molecular weight is 314 g/mol. The number of benzene rings is 1. The molecule has 23 heavy (non-hydrogen) atoms. The Hall–Kier alpha value is -2.76. The zero-order valence-electron chi connectivity index (χ0n) is 12.8. The molecule has 0 spiro atoms. The molecule has 2 heterocycles. The number of hydrogen-bond acceptors (Lipinski definition) is 4. The lowest BCUT2D eigenvalue weighted by Crippen LogP contribution is -2.46. The van der Waals surface area contributed by atoms with Gasteiger partial charge < -0.3 is 15.1 Å². The summed E-state index contributed by atoms with van der Waals surface area (Å²) in [6, 6.07) is 10.2. The predicted molar refractivity (Wildman–Crippen MR) is 84.5 cm³/mol. The lowest BCUT2D eigenvalue weighted by Gasteiger charge is -2.35. The Labute approximate surface area is 133 Å². The molecule has 2 aromatic rings. The van der Waals surface area contributed by atoms with E-state index in [4.69, 9.17) is 0 Å². The number of aromatic hydroxyl groups is 2. The molecule has 2 N–H and O–H groups in total. The molecule has 0 saturated carbocycles. The maximum atomic E-state index is 12.7. The summed E-state index contributed by atoms with van der Waals surface area (Å²) in [7, 11) is 0. The topological polar surface area (TPSA) is 82.8 Å². The SMILES string of the molecule is CCC1CN(Cc2ccccc2)C(=O)c2c(O)c(O)cc(=O)n21. The molecule has 0 aliphatic carbocycles. The van der Waals surface area contributed by atoms with Gasteiger partial charge in [0.25, 0.3) is 11.5 Å². The maximum absolute atomic E-state index is 12.7. The van der Waals surface area contributed by atoms with Gasteiger partial charge in [0.05, 0.1) is 6.04 Å². The van der Waals surface area contributed by atoms with Crippen LogP contribution in [0.1, 0.15) is 35.4 Å². The second-order valence-electron chi connectivity index (χ2n) is 5.67. The van der Waals surface area contributed by atoms with Crippen LogP contribution < -0.4 is 5.56 Å². The van der Waals surface area contributed by atoms with Crippen molar-refractivity contribution in [3.05, 3.63) is 58.0 Å². The van der Waals surface area contributed by atoms with Crippen molar-refractivity contribution < 1.29 is 15.0 Å². The molecule has 0 saturated heterocycles. The van der Waals surface area contributed by atoms with Gasteiger partial charge in [-0.2, -0.15) is 0 Å². The van der Waals surface area contributed by atoms with Gasteiger partial charge in [-0.3, -0.25) is 14.2 Å². The highest BCUT2D eigenvalue weighted by Gasteiger charge is 2.34. The first-order valence-electron chi connectivity index (χ1n) is 7.53. The molecule has 0 radical (unpaired) electrons. The molecule has 1 aliphatic rings. The fourth-order valence-corrected chi connectivity index (χ4v) is 2.99. The summed E-state index contributed by atoms with van der Waals surface area (Å²) in [5.41, 5.74) is 0.352. The Morgan fingerprint density at radius 1 is 1.17 bits per heavy atom. The van der Waals surface area contributed by atoms with Crippen LogP contribution in [-0.4, -0.2) is 32.1 Å². The highest BCUT2D eigenvalue weighted by molar-refractivity contribution is 5.96. The number of pyridine rings is 1. The van der Waals surface area contributed by atoms with Gasteiger partial charge in [0.1, 0.15) is 0 Å². The molecular weight excluding hydrogens is 296 g/mol. The minimum Gasteiger partial charge on any atom is -0.504 e. The molecule has 120 valence electrons. The van der Waals surface area contributed by atoms with E-state index in [1.807, 2.05) is 37.3 Å². The van der Waals surface area contributed by atoms with Gasteiger partial charge in [-0.15, -0.1) is 0 Å². The van der Waals surface area contributed by atoms with Crippen molar-refractivity contribution in [2.45, 2.75) is 25.9 Å². The number of carbonyl (C=O) groups is 1. The van der Waals surface area contributed by atoms with E-state index in [0.29, 0.717) is 19.5 Å². The summed E-state index contributed by atoms with van der Waals surface area (Å²) < 4.78 is 1.29. The Bertz CT molecular complexity index is 798. The highest BCUT2D eigenvalue weighted by Crippen LogP contribution is 2.33. The number of fused-ring (bicyclic) bond motifs is 1. The van der Waals surface area contributed by atoms with Gasteiger partial charge in [0.2, 0.25) is 0 Å². The van der Waals surface area contributed by atoms with Crippen LogP contribution in [0.4, 0.5) is 0 Å². The van der Waals surface area contributed by atoms with Gasteiger partial charge >= 0.3 is 0 Å². The number of carbonyl (C=O) groups excluding carboxylic acids is 1. The molecule has 1 aromatic carbocycles. The van der Waals surface area contributed by atoms with E-state index in [1.165, 1.54) is 4.57 Å². The van der Waals surface area contributed by atoms with Crippen molar-refractivity contribution in [1.82, 2.24) is 9.47 Å². The summed E-state index contributed by atoms with van der Waals surface area (Å²) >= 11 is 0. The summed E-state index contributed by atoms with van der Waals surface area (Å²) in [4.78, 5) is 26.4. The van der Waals surface area contributed by atoms with Crippen LogP contribution in [0.25, 0.3) is 0 Å². The van der Waals surface area contributed by atoms with Crippen molar-refractivity contribution in [1.29, 1.82) is 0 Å². The zero-order chi connectivity index (χ0) is 16.6. The Morgan fingerprint density at radius 2 is 1.87 bits per heavy atom. The lowest BCUT2D eigenvalue weighted by molar-refractivity contribution is 0.0637. The number of nitrogens with zero attached hydrogens (tertiary/aromatic N) is 2. The van der Waals surface area contributed by atoms with Gasteiger partial charge in [-0.05, 0) is 12.0 Å². The van der Waals surface area contributed by atoms with Crippen molar-refractivity contribution in [3.8, 4) is 11.5 Å². The molecular formula is C17H18N2O4. The standard InChI is InChI=1S/C17H18N2O4/c1-2-12-10-18(9-11-6-4-3-5-7-11)17(23)15-16(22)13(20)8-14(21)19(12)15/h3-8,12,20,22H,2,9-10H2,1H3. The van der Waals surface area contributed by atoms with E-state index >= 15 is 0 Å². The summed E-state index contributed by atoms with van der Waals surface area (Å²) in [6.45, 7) is 2.70. The molecule has 0 bridgehead atoms. The largest absolute Gasteiger partial charge is 0.504 e. The van der Waals surface area contributed by atoms with Crippen LogP contribution in [0.3, 0.4) is 0 Å². The molecule has 1 aliphatic heterocycles. The monoisotopic (exact) mass is 314 g/mol. The minimum atomic E-state index is -0.564. The molecule has 6 nitrogen and oxygen atoms in total. The smallest absolute Gasteiger partial charge is 0.274 e. The summed E-state index contributed by atoms with van der Waals surface area (Å²) in [6.07, 6.45) is 0.635. The normalized spacial score (nSPS) is 17.2. The van der Waals surface area contributed by atoms with Gasteiger partial charge in [0, 0.05) is 19.2 Å². The third-order valence-electron chi connectivity index (χ3n) is 4.18. The first kappa shape index (κ1) is 15.1. The van der Waals surface area contributed by atoms with Crippen LogP contribution in [-0.2, 0) is 6.54 Å². The molecule has 3 rings (SSSR count). The van der Waals surface area contributed by atoms with E-state index in [1.54, 1.807) is 4.90 Å². The quantitative estimate of drug-likeness (QED) is 0.906. The third-order valence-corrected chi connectivity index (χ3v) is 4.18. The van der Waals surface area contributed by atoms with Crippen LogP contribution in [0.5, 0.6) is 11.5 Å². The van der Waals surface area contributed by atoms with E-state index in [9.17, 15) is 19.8 Å². The van der Waals surface area contributed by atoms with Crippen LogP contribution in [0.2, 0.25) is 0 Å². The van der Waals surface area contributed by atoms with E-state index in [-0.39, 0.29) is 11.7 Å². The van der Waals surface area contributed by atoms with Crippen molar-refractivity contribution >= 4 is 5.91 Å². The van der Waals surface area contributed by atoms with Gasteiger partial charge in [-0.25, -0.2) is 0 Å². The van der Waals surface area contributed by atoms with Crippen molar-refractivity contribution in [3.63, 3.8) is 0 Å². The van der Waals surface area contributed by atoms with E-state index in [0.717, 1.165) is 11.6 Å². The molecule has 6 heteroatoms. The number of aromatic nitrogens is 1. The number of hydrogen-bond donors (Lipinski definition) is 2. The van der Waals surface area contributed by atoms with Gasteiger partial charge in [-0.1, -0.05) is 37.3 Å². The zero-order valence-corrected chi connectivity index (χ0v) is 12.8. The van der Waals surface area contributed by atoms with Crippen LogP contribution >= 0.6 is 0 Å². The molecule has 0 fully saturated rings. The van der Waals surface area contributed by atoms with Gasteiger partial charge in [0.15, 0.2) is 17.2 Å². The number of rotatable bonds is 3. The summed E-state index contributed by atoms with van der Waals surface area (Å²) in [5, 5.41) is 19.8. The van der Waals surface area contributed by atoms with E-state index in [2.05, 4.69) is 0 Å². The fraction of sp³-hybridized carbons (Fsp3) is 0.294. The average Bonchev–Trinajstić information content (AvgIpc) is 2.55. The first-order chi connectivity index (χ1) is 11.0. The predicted octanol–water partition coefficient (Wildman–Crippen LogP) is 1.87. The molecule has 1 unspecified atom stereocenters. The Morgan fingerprint density at radius 3 is 2.52 bits per heavy atom. The maximum Gasteiger partial charge on any atom is 0.274 e. The highest BCUT2D eigenvalue weighted by atomic mass is 16.3. The lowest BCUT2D eigenvalue weighted by atomic mass is 10.1. The van der Waals surface area contributed by atoms with Crippen LogP contribution in [0.15, 0.2) is 41.2 Å². The Kier molecular flexibility index (Phi) is 3.82. The molecule has 1 amide bonds.